The molecule has 3 rings (SSSR count). The average molecular weight is 507 g/mol. The van der Waals surface area contributed by atoms with Gasteiger partial charge >= 0.3 is 0 Å². The molecule has 0 radical (unpaired) electrons. The van der Waals surface area contributed by atoms with Crippen LogP contribution < -0.4 is 5.32 Å². The van der Waals surface area contributed by atoms with Crippen molar-refractivity contribution in [3.63, 3.8) is 0 Å². The van der Waals surface area contributed by atoms with Gasteiger partial charge in [-0.15, -0.1) is 0 Å². The Hall–Kier alpha value is -2.92. The summed E-state index contributed by atoms with van der Waals surface area (Å²) in [5, 5.41) is 2.94. The molecule has 0 aromatic heterocycles. The molecular weight excluding hydrogens is 476 g/mol. The third kappa shape index (κ3) is 7.03. The molecule has 2 amide bonds. The fourth-order valence-electron chi connectivity index (χ4n) is 3.90. The van der Waals surface area contributed by atoms with Crippen LogP contribution in [0.4, 0.5) is 0 Å². The maximum Gasteiger partial charge on any atom is 0.242 e. The summed E-state index contributed by atoms with van der Waals surface area (Å²) in [4.78, 5) is 28.3. The zero-order chi connectivity index (χ0) is 23.6. The van der Waals surface area contributed by atoms with Gasteiger partial charge in [-0.3, -0.25) is 9.59 Å². The summed E-state index contributed by atoms with van der Waals surface area (Å²) in [6.07, 6.45) is 1.13. The second kappa shape index (κ2) is 12.4. The number of carbonyl (C=O) groups is 2. The molecule has 1 atom stereocenters. The Bertz CT molecular complexity index is 1000. The number of rotatable bonds is 10. The first-order chi connectivity index (χ1) is 16.0. The monoisotopic (exact) mass is 506 g/mol. The van der Waals surface area contributed by atoms with E-state index in [1.54, 1.807) is 11.8 Å². The largest absolute Gasteiger partial charge is 0.354 e. The molecule has 0 heterocycles. The highest BCUT2D eigenvalue weighted by molar-refractivity contribution is 9.10. The minimum atomic E-state index is -0.574. The summed E-state index contributed by atoms with van der Waals surface area (Å²) in [5.74, 6) is -0.265. The molecule has 5 heteroatoms. The molecule has 172 valence electrons. The van der Waals surface area contributed by atoms with Crippen LogP contribution in [-0.4, -0.2) is 29.3 Å². The normalized spacial score (nSPS) is 11.8. The van der Waals surface area contributed by atoms with Crippen LogP contribution in [0, 0.1) is 0 Å². The second-order valence-electron chi connectivity index (χ2n) is 8.20. The highest BCUT2D eigenvalue weighted by atomic mass is 79.9. The lowest BCUT2D eigenvalue weighted by atomic mass is 9.88. The van der Waals surface area contributed by atoms with Crippen molar-refractivity contribution in [3.8, 4) is 0 Å². The van der Waals surface area contributed by atoms with Crippen molar-refractivity contribution in [2.24, 2.45) is 0 Å². The average Bonchev–Trinajstić information content (AvgIpc) is 2.85. The van der Waals surface area contributed by atoms with E-state index in [1.807, 2.05) is 67.6 Å². The molecule has 0 saturated carbocycles. The molecule has 0 fully saturated rings. The predicted octanol–water partition coefficient (Wildman–Crippen LogP) is 5.91. The van der Waals surface area contributed by atoms with Crippen LogP contribution in [0.25, 0.3) is 0 Å². The topological polar surface area (TPSA) is 49.4 Å². The van der Waals surface area contributed by atoms with E-state index in [4.69, 9.17) is 0 Å². The summed E-state index contributed by atoms with van der Waals surface area (Å²) in [7, 11) is 0. The van der Waals surface area contributed by atoms with E-state index >= 15 is 0 Å². The first-order valence-electron chi connectivity index (χ1n) is 11.4. The molecule has 3 aromatic carbocycles. The highest BCUT2D eigenvalue weighted by Crippen LogP contribution is 2.29. The fourth-order valence-corrected chi connectivity index (χ4v) is 4.35. The number of benzene rings is 3. The van der Waals surface area contributed by atoms with Gasteiger partial charge in [0.2, 0.25) is 11.8 Å². The number of nitrogens with zero attached hydrogens (tertiary/aromatic N) is 1. The van der Waals surface area contributed by atoms with Crippen LogP contribution >= 0.6 is 15.9 Å². The molecule has 0 bridgehead atoms. The maximum atomic E-state index is 13.7. The first kappa shape index (κ1) is 24.7. The fraction of sp³-hybridized carbons (Fsp3) is 0.286. The molecule has 0 aliphatic carbocycles. The SMILES string of the molecule is CCCNC(=O)[C@H](C)N(Cc1cccc(Br)c1)C(=O)CC(c1ccccc1)c1ccccc1. The molecule has 4 nitrogen and oxygen atoms in total. The molecule has 0 spiro atoms. The molecular formula is C28H31BrN2O2. The zero-order valence-corrected chi connectivity index (χ0v) is 20.8. The van der Waals surface area contributed by atoms with Crippen molar-refractivity contribution in [2.75, 3.05) is 6.54 Å². The van der Waals surface area contributed by atoms with Gasteiger partial charge in [0.05, 0.1) is 0 Å². The van der Waals surface area contributed by atoms with E-state index in [1.165, 1.54) is 0 Å². The minimum Gasteiger partial charge on any atom is -0.354 e. The molecule has 0 aliphatic heterocycles. The number of nitrogens with one attached hydrogen (secondary N) is 1. The van der Waals surface area contributed by atoms with E-state index in [0.29, 0.717) is 13.1 Å². The van der Waals surface area contributed by atoms with Crippen molar-refractivity contribution in [3.05, 3.63) is 106 Å². The van der Waals surface area contributed by atoms with Crippen molar-refractivity contribution < 1.29 is 9.59 Å². The Morgan fingerprint density at radius 2 is 1.52 bits per heavy atom. The Kier molecular flexibility index (Phi) is 9.25. The maximum absolute atomic E-state index is 13.7. The Balaban J connectivity index is 1.90. The third-order valence-corrected chi connectivity index (χ3v) is 6.23. The summed E-state index contributed by atoms with van der Waals surface area (Å²) < 4.78 is 0.946. The standard InChI is InChI=1S/C28H31BrN2O2/c1-3-17-30-28(33)21(2)31(20-22-11-10-16-25(29)18-22)27(32)19-26(23-12-6-4-7-13-23)24-14-8-5-9-15-24/h4-16,18,21,26H,3,17,19-20H2,1-2H3,(H,30,33)/t21-/m0/s1. The van der Waals surface area contributed by atoms with Gasteiger partial charge in [0.1, 0.15) is 6.04 Å². The van der Waals surface area contributed by atoms with Crippen LogP contribution in [0.1, 0.15) is 49.3 Å². The Labute approximate surface area is 205 Å². The smallest absolute Gasteiger partial charge is 0.242 e. The van der Waals surface area contributed by atoms with Crippen molar-refractivity contribution in [1.82, 2.24) is 10.2 Å². The molecule has 0 aliphatic rings. The second-order valence-corrected chi connectivity index (χ2v) is 9.11. The van der Waals surface area contributed by atoms with Gasteiger partial charge in [-0.25, -0.2) is 0 Å². The molecule has 33 heavy (non-hydrogen) atoms. The lowest BCUT2D eigenvalue weighted by Gasteiger charge is -2.30. The van der Waals surface area contributed by atoms with E-state index in [0.717, 1.165) is 27.6 Å². The van der Waals surface area contributed by atoms with Gasteiger partial charge in [-0.2, -0.15) is 0 Å². The summed E-state index contributed by atoms with van der Waals surface area (Å²) >= 11 is 3.51. The Morgan fingerprint density at radius 1 is 0.909 bits per heavy atom. The highest BCUT2D eigenvalue weighted by Gasteiger charge is 2.28. The van der Waals surface area contributed by atoms with Crippen molar-refractivity contribution in [1.29, 1.82) is 0 Å². The number of hydrogen-bond donors (Lipinski definition) is 1. The first-order valence-corrected chi connectivity index (χ1v) is 12.2. The van der Waals surface area contributed by atoms with Crippen LogP contribution in [0.15, 0.2) is 89.4 Å². The molecule has 0 saturated heterocycles. The zero-order valence-electron chi connectivity index (χ0n) is 19.2. The van der Waals surface area contributed by atoms with Crippen LogP contribution in [0.2, 0.25) is 0 Å². The van der Waals surface area contributed by atoms with Gasteiger partial charge < -0.3 is 10.2 Å². The summed E-state index contributed by atoms with van der Waals surface area (Å²) in [5.41, 5.74) is 3.15. The number of amides is 2. The van der Waals surface area contributed by atoms with E-state index in [2.05, 4.69) is 45.5 Å². The van der Waals surface area contributed by atoms with Gasteiger partial charge in [-0.1, -0.05) is 95.7 Å². The van der Waals surface area contributed by atoms with Crippen LogP contribution in [0.5, 0.6) is 0 Å². The molecule has 0 unspecified atom stereocenters. The van der Waals surface area contributed by atoms with E-state index < -0.39 is 6.04 Å². The Morgan fingerprint density at radius 3 is 2.06 bits per heavy atom. The molecule has 3 aromatic rings. The molecule has 1 N–H and O–H groups in total. The van der Waals surface area contributed by atoms with Crippen molar-refractivity contribution in [2.45, 2.75) is 45.2 Å². The summed E-state index contributed by atoms with van der Waals surface area (Å²) in [6, 6.07) is 27.5. The van der Waals surface area contributed by atoms with Crippen LogP contribution in [-0.2, 0) is 16.1 Å². The van der Waals surface area contributed by atoms with E-state index in [9.17, 15) is 9.59 Å². The van der Waals surface area contributed by atoms with Gasteiger partial charge in [0.15, 0.2) is 0 Å². The quantitative estimate of drug-likeness (QED) is 0.371. The van der Waals surface area contributed by atoms with Gasteiger partial charge in [0, 0.05) is 29.9 Å². The lowest BCUT2D eigenvalue weighted by molar-refractivity contribution is -0.140. The lowest BCUT2D eigenvalue weighted by Crippen LogP contribution is -2.48. The summed E-state index contributed by atoms with van der Waals surface area (Å²) in [6.45, 7) is 4.79. The number of halogens is 1. The van der Waals surface area contributed by atoms with Crippen LogP contribution in [0.3, 0.4) is 0 Å². The number of hydrogen-bond acceptors (Lipinski definition) is 2. The van der Waals surface area contributed by atoms with Gasteiger partial charge in [-0.05, 0) is 42.2 Å². The third-order valence-electron chi connectivity index (χ3n) is 5.74. The number of carbonyl (C=O) groups excluding carboxylic acids is 2. The predicted molar refractivity (Wildman–Crippen MR) is 137 cm³/mol. The van der Waals surface area contributed by atoms with E-state index in [-0.39, 0.29) is 24.2 Å². The van der Waals surface area contributed by atoms with Crippen molar-refractivity contribution >= 4 is 27.7 Å². The van der Waals surface area contributed by atoms with Gasteiger partial charge in [0.25, 0.3) is 0 Å². The minimum absolute atomic E-state index is 0.0492.